The summed E-state index contributed by atoms with van der Waals surface area (Å²) in [6.07, 6.45) is 0. The van der Waals surface area contributed by atoms with Crippen molar-refractivity contribution in [1.29, 1.82) is 0 Å². The second-order valence-corrected chi connectivity index (χ2v) is 8.28. The third-order valence-corrected chi connectivity index (χ3v) is 6.04. The summed E-state index contributed by atoms with van der Waals surface area (Å²) in [6, 6.07) is 16.0. The average molecular weight is 398 g/mol. The first-order chi connectivity index (χ1) is 13.4. The maximum absolute atomic E-state index is 12.5. The Kier molecular flexibility index (Phi) is 5.46. The Morgan fingerprint density at radius 2 is 1.50 bits per heavy atom. The maximum atomic E-state index is 12.5. The van der Waals surface area contributed by atoms with Gasteiger partial charge in [-0.3, -0.25) is 0 Å². The van der Waals surface area contributed by atoms with E-state index in [1.807, 2.05) is 24.3 Å². The quantitative estimate of drug-likeness (QED) is 0.482. The number of methoxy groups -OCH3 is 1. The molecule has 0 N–H and O–H groups in total. The van der Waals surface area contributed by atoms with Gasteiger partial charge in [0.05, 0.1) is 23.3 Å². The van der Waals surface area contributed by atoms with Crippen LogP contribution in [0.25, 0.3) is 10.8 Å². The van der Waals surface area contributed by atoms with E-state index >= 15 is 0 Å². The first-order valence-electron chi connectivity index (χ1n) is 8.52. The van der Waals surface area contributed by atoms with Crippen LogP contribution in [0.3, 0.4) is 0 Å². The van der Waals surface area contributed by atoms with Gasteiger partial charge in [-0.25, -0.2) is 18.0 Å². The van der Waals surface area contributed by atoms with Gasteiger partial charge in [0.2, 0.25) is 0 Å². The predicted octanol–water partition coefficient (Wildman–Crippen LogP) is 3.64. The molecule has 0 bridgehead atoms. The Labute approximate surface area is 162 Å². The van der Waals surface area contributed by atoms with Crippen molar-refractivity contribution in [1.82, 2.24) is 0 Å². The van der Waals surface area contributed by atoms with Crippen molar-refractivity contribution in [3.8, 4) is 5.75 Å². The zero-order valence-electron chi connectivity index (χ0n) is 15.3. The Hall–Kier alpha value is -3.19. The van der Waals surface area contributed by atoms with Gasteiger partial charge in [-0.15, -0.1) is 0 Å². The first kappa shape index (κ1) is 19.6. The molecular formula is C21H18O6S. The zero-order chi connectivity index (χ0) is 20.3. The molecule has 0 unspecified atom stereocenters. The molecule has 3 aromatic carbocycles. The van der Waals surface area contributed by atoms with E-state index in [4.69, 9.17) is 9.47 Å². The van der Waals surface area contributed by atoms with Crippen LogP contribution in [0.2, 0.25) is 0 Å². The molecule has 28 heavy (non-hydrogen) atoms. The van der Waals surface area contributed by atoms with E-state index in [1.165, 1.54) is 31.4 Å². The van der Waals surface area contributed by atoms with Gasteiger partial charge < -0.3 is 9.47 Å². The molecule has 0 atom stereocenters. The fraction of sp³-hybridized carbons (Fsp3) is 0.143. The third kappa shape index (κ3) is 3.89. The van der Waals surface area contributed by atoms with Crippen molar-refractivity contribution in [2.45, 2.75) is 11.8 Å². The summed E-state index contributed by atoms with van der Waals surface area (Å²) >= 11 is 0. The van der Waals surface area contributed by atoms with Crippen molar-refractivity contribution < 1.29 is 27.5 Å². The standard InChI is InChI=1S/C21H18O6S/c1-3-28(24,25)17-10-8-14(9-11-17)20(22)27-19-13-16-7-5-4-6-15(16)12-18(19)21(23)26-2/h4-13H,3H2,1-2H3. The Balaban J connectivity index is 1.95. The molecule has 3 aromatic rings. The van der Waals surface area contributed by atoms with Gasteiger partial charge in [0.15, 0.2) is 9.84 Å². The van der Waals surface area contributed by atoms with Crippen molar-refractivity contribution in [2.24, 2.45) is 0 Å². The van der Waals surface area contributed by atoms with Gasteiger partial charge in [0, 0.05) is 0 Å². The van der Waals surface area contributed by atoms with Gasteiger partial charge in [-0.1, -0.05) is 31.2 Å². The van der Waals surface area contributed by atoms with Crippen molar-refractivity contribution >= 4 is 32.5 Å². The van der Waals surface area contributed by atoms with E-state index in [0.717, 1.165) is 10.8 Å². The summed E-state index contributed by atoms with van der Waals surface area (Å²) in [5, 5.41) is 1.60. The molecule has 144 valence electrons. The van der Waals surface area contributed by atoms with Crippen molar-refractivity contribution in [2.75, 3.05) is 12.9 Å². The van der Waals surface area contributed by atoms with Crippen LogP contribution in [0.1, 0.15) is 27.6 Å². The van der Waals surface area contributed by atoms with Gasteiger partial charge in [0.25, 0.3) is 0 Å². The predicted molar refractivity (Wildman–Crippen MR) is 104 cm³/mol. The van der Waals surface area contributed by atoms with Gasteiger partial charge >= 0.3 is 11.9 Å². The fourth-order valence-corrected chi connectivity index (χ4v) is 3.58. The number of fused-ring (bicyclic) bond motifs is 1. The summed E-state index contributed by atoms with van der Waals surface area (Å²) in [5.74, 6) is -1.30. The lowest BCUT2D eigenvalue weighted by molar-refractivity contribution is 0.0593. The minimum absolute atomic E-state index is 0.0314. The molecule has 0 radical (unpaired) electrons. The molecule has 0 amide bonds. The molecule has 0 spiro atoms. The summed E-state index contributed by atoms with van der Waals surface area (Å²) in [5.41, 5.74) is 0.291. The van der Waals surface area contributed by atoms with Gasteiger partial charge in [-0.2, -0.15) is 0 Å². The fourth-order valence-electron chi connectivity index (χ4n) is 2.70. The van der Waals surface area contributed by atoms with Crippen molar-refractivity contribution in [3.63, 3.8) is 0 Å². The van der Waals surface area contributed by atoms with Crippen LogP contribution in [0.15, 0.2) is 65.6 Å². The second-order valence-electron chi connectivity index (χ2n) is 6.00. The largest absolute Gasteiger partial charge is 0.465 e. The van der Waals surface area contributed by atoms with Crippen molar-refractivity contribution in [3.05, 3.63) is 71.8 Å². The molecule has 0 saturated heterocycles. The lowest BCUT2D eigenvalue weighted by atomic mass is 10.1. The lowest BCUT2D eigenvalue weighted by Gasteiger charge is -2.11. The van der Waals surface area contributed by atoms with Gasteiger partial charge in [0.1, 0.15) is 11.3 Å². The Morgan fingerprint density at radius 3 is 2.07 bits per heavy atom. The molecule has 3 rings (SSSR count). The first-order valence-corrected chi connectivity index (χ1v) is 10.2. The molecular weight excluding hydrogens is 380 g/mol. The monoisotopic (exact) mass is 398 g/mol. The highest BCUT2D eigenvalue weighted by Gasteiger charge is 2.19. The molecule has 7 heteroatoms. The number of hydrogen-bond donors (Lipinski definition) is 0. The molecule has 0 aliphatic carbocycles. The van der Waals surface area contributed by atoms with E-state index < -0.39 is 21.8 Å². The minimum atomic E-state index is -3.36. The Morgan fingerprint density at radius 1 is 0.893 bits per heavy atom. The molecule has 0 heterocycles. The van der Waals surface area contributed by atoms with Crippen LogP contribution in [0, 0.1) is 0 Å². The smallest absolute Gasteiger partial charge is 0.343 e. The van der Waals surface area contributed by atoms with E-state index in [2.05, 4.69) is 0 Å². The average Bonchev–Trinajstić information content (AvgIpc) is 2.72. The van der Waals surface area contributed by atoms with Crippen LogP contribution in [-0.4, -0.2) is 33.2 Å². The molecule has 6 nitrogen and oxygen atoms in total. The highest BCUT2D eigenvalue weighted by atomic mass is 32.2. The van der Waals surface area contributed by atoms with Crippen LogP contribution in [0.5, 0.6) is 5.75 Å². The molecule has 0 aliphatic heterocycles. The number of hydrogen-bond acceptors (Lipinski definition) is 6. The van der Waals surface area contributed by atoms with E-state index in [0.29, 0.717) is 0 Å². The van der Waals surface area contributed by atoms with E-state index in [-0.39, 0.29) is 27.5 Å². The summed E-state index contributed by atoms with van der Waals surface area (Å²) in [7, 11) is -2.11. The SMILES string of the molecule is CCS(=O)(=O)c1ccc(C(=O)Oc2cc3ccccc3cc2C(=O)OC)cc1. The highest BCUT2D eigenvalue weighted by molar-refractivity contribution is 7.91. The third-order valence-electron chi connectivity index (χ3n) is 4.29. The summed E-state index contributed by atoms with van der Waals surface area (Å²) in [4.78, 5) is 24.8. The number of benzene rings is 3. The molecule has 0 aromatic heterocycles. The van der Waals surface area contributed by atoms with Crippen LogP contribution < -0.4 is 4.74 Å². The van der Waals surface area contributed by atoms with Crippen LogP contribution in [-0.2, 0) is 14.6 Å². The molecule has 0 saturated carbocycles. The highest BCUT2D eigenvalue weighted by Crippen LogP contribution is 2.27. The topological polar surface area (TPSA) is 86.7 Å². The van der Waals surface area contributed by atoms with Crippen LogP contribution in [0.4, 0.5) is 0 Å². The summed E-state index contributed by atoms with van der Waals surface area (Å²) < 4.78 is 34.0. The molecule has 0 fully saturated rings. The number of esters is 2. The number of sulfone groups is 1. The van der Waals surface area contributed by atoms with Crippen LogP contribution >= 0.6 is 0 Å². The minimum Gasteiger partial charge on any atom is -0.465 e. The number of ether oxygens (including phenoxy) is 2. The normalized spacial score (nSPS) is 11.2. The zero-order valence-corrected chi connectivity index (χ0v) is 16.2. The lowest BCUT2D eigenvalue weighted by Crippen LogP contribution is -2.13. The Bertz CT molecular complexity index is 1150. The number of rotatable bonds is 5. The summed E-state index contributed by atoms with van der Waals surface area (Å²) in [6.45, 7) is 1.55. The maximum Gasteiger partial charge on any atom is 0.343 e. The molecule has 0 aliphatic rings. The second kappa shape index (κ2) is 7.82. The number of carbonyl (C=O) groups excluding carboxylic acids is 2. The van der Waals surface area contributed by atoms with E-state index in [1.54, 1.807) is 19.1 Å². The van der Waals surface area contributed by atoms with Gasteiger partial charge in [-0.05, 0) is 47.2 Å². The van der Waals surface area contributed by atoms with E-state index in [9.17, 15) is 18.0 Å². The number of carbonyl (C=O) groups is 2.